The highest BCUT2D eigenvalue weighted by molar-refractivity contribution is 6.31. The van der Waals surface area contributed by atoms with Crippen molar-refractivity contribution in [3.05, 3.63) is 34.9 Å². The molecule has 3 N–H and O–H groups in total. The molecule has 4 rings (SSSR count). The molecular formula is C12H15ClN2. The van der Waals surface area contributed by atoms with Crippen LogP contribution in [0.25, 0.3) is 0 Å². The molecule has 0 unspecified atom stereocenters. The number of hydrogen-bond donors (Lipinski definition) is 2. The normalized spacial score (nSPS) is 36.9. The number of benzene rings is 1. The second kappa shape index (κ2) is 2.97. The minimum absolute atomic E-state index is 0.279. The molecular weight excluding hydrogens is 208 g/mol. The molecule has 1 aromatic rings. The van der Waals surface area contributed by atoms with Crippen molar-refractivity contribution in [2.75, 3.05) is 0 Å². The van der Waals surface area contributed by atoms with Gasteiger partial charge < -0.3 is 0 Å². The molecule has 0 radical (unpaired) electrons. The molecule has 3 saturated carbocycles. The van der Waals surface area contributed by atoms with Crippen LogP contribution >= 0.6 is 11.6 Å². The molecule has 3 aliphatic carbocycles. The van der Waals surface area contributed by atoms with Crippen LogP contribution in [0.1, 0.15) is 24.8 Å². The third-order valence-corrected chi connectivity index (χ3v) is 4.34. The standard InChI is InChI=1S/C12H15ClN2/c13-10-4-2-1-3-9(10)5-11-6-12(7-11,8-11)15-14/h1-4,15H,5-8,14H2. The molecule has 3 aliphatic rings. The van der Waals surface area contributed by atoms with Gasteiger partial charge in [-0.05, 0) is 42.7 Å². The first-order valence-electron chi connectivity index (χ1n) is 5.38. The Balaban J connectivity index is 1.72. The van der Waals surface area contributed by atoms with Gasteiger partial charge in [-0.2, -0.15) is 0 Å². The Morgan fingerprint density at radius 1 is 1.27 bits per heavy atom. The predicted octanol–water partition coefficient (Wildman–Crippen LogP) is 2.27. The minimum atomic E-state index is 0.279. The lowest BCUT2D eigenvalue weighted by atomic mass is 9.38. The first kappa shape index (κ1) is 9.64. The fraction of sp³-hybridized carbons (Fsp3) is 0.500. The van der Waals surface area contributed by atoms with Crippen LogP contribution in [0, 0.1) is 5.41 Å². The van der Waals surface area contributed by atoms with E-state index in [1.54, 1.807) is 0 Å². The number of nitrogens with one attached hydrogen (secondary N) is 1. The van der Waals surface area contributed by atoms with Gasteiger partial charge in [-0.25, -0.2) is 0 Å². The maximum Gasteiger partial charge on any atom is 0.0438 e. The molecule has 3 fully saturated rings. The van der Waals surface area contributed by atoms with Crippen LogP contribution in [-0.2, 0) is 6.42 Å². The highest BCUT2D eigenvalue weighted by atomic mass is 35.5. The van der Waals surface area contributed by atoms with E-state index >= 15 is 0 Å². The van der Waals surface area contributed by atoms with Crippen molar-refractivity contribution in [2.45, 2.75) is 31.2 Å². The number of rotatable bonds is 3. The van der Waals surface area contributed by atoms with Gasteiger partial charge in [-0.15, -0.1) is 0 Å². The number of nitrogens with two attached hydrogens (primary N) is 1. The van der Waals surface area contributed by atoms with Crippen molar-refractivity contribution >= 4 is 11.6 Å². The molecule has 0 aromatic heterocycles. The van der Waals surface area contributed by atoms with Crippen LogP contribution in [0.2, 0.25) is 5.02 Å². The summed E-state index contributed by atoms with van der Waals surface area (Å²) in [6.45, 7) is 0. The van der Waals surface area contributed by atoms with Gasteiger partial charge in [0.2, 0.25) is 0 Å². The topological polar surface area (TPSA) is 38.0 Å². The number of halogens is 1. The monoisotopic (exact) mass is 222 g/mol. The van der Waals surface area contributed by atoms with Crippen molar-refractivity contribution < 1.29 is 0 Å². The quantitative estimate of drug-likeness (QED) is 0.608. The molecule has 3 heteroatoms. The fourth-order valence-corrected chi connectivity index (χ4v) is 3.59. The summed E-state index contributed by atoms with van der Waals surface area (Å²) >= 11 is 6.16. The minimum Gasteiger partial charge on any atom is -0.271 e. The first-order chi connectivity index (χ1) is 7.17. The molecule has 0 amide bonds. The van der Waals surface area contributed by atoms with Crippen LogP contribution in [0.5, 0.6) is 0 Å². The summed E-state index contributed by atoms with van der Waals surface area (Å²) in [5.74, 6) is 5.51. The van der Waals surface area contributed by atoms with Crippen molar-refractivity contribution in [3.63, 3.8) is 0 Å². The lowest BCUT2D eigenvalue weighted by Crippen LogP contribution is -2.75. The fourth-order valence-electron chi connectivity index (χ4n) is 3.38. The van der Waals surface area contributed by atoms with Crippen molar-refractivity contribution in [1.29, 1.82) is 0 Å². The molecule has 0 aliphatic heterocycles. The van der Waals surface area contributed by atoms with Gasteiger partial charge in [-0.3, -0.25) is 11.3 Å². The van der Waals surface area contributed by atoms with E-state index in [9.17, 15) is 0 Å². The summed E-state index contributed by atoms with van der Waals surface area (Å²) in [6.07, 6.45) is 4.74. The van der Waals surface area contributed by atoms with Crippen molar-refractivity contribution in [1.82, 2.24) is 5.43 Å². The summed E-state index contributed by atoms with van der Waals surface area (Å²) in [4.78, 5) is 0. The molecule has 0 heterocycles. The molecule has 80 valence electrons. The van der Waals surface area contributed by atoms with Crippen LogP contribution in [0.3, 0.4) is 0 Å². The molecule has 0 spiro atoms. The summed E-state index contributed by atoms with van der Waals surface area (Å²) in [7, 11) is 0. The first-order valence-corrected chi connectivity index (χ1v) is 5.76. The van der Waals surface area contributed by atoms with Crippen LogP contribution < -0.4 is 11.3 Å². The van der Waals surface area contributed by atoms with E-state index in [2.05, 4.69) is 17.6 Å². The highest BCUT2D eigenvalue weighted by Crippen LogP contribution is 2.68. The SMILES string of the molecule is NNC12CC(Cc3ccccc3Cl)(C1)C2. The van der Waals surface area contributed by atoms with Gasteiger partial charge >= 0.3 is 0 Å². The summed E-state index contributed by atoms with van der Waals surface area (Å²) in [5.41, 5.74) is 4.99. The Morgan fingerprint density at radius 3 is 2.53 bits per heavy atom. The summed E-state index contributed by atoms with van der Waals surface area (Å²) in [5, 5.41) is 0.900. The van der Waals surface area contributed by atoms with E-state index < -0.39 is 0 Å². The van der Waals surface area contributed by atoms with Gasteiger partial charge in [0.05, 0.1) is 0 Å². The van der Waals surface area contributed by atoms with Crippen LogP contribution in [0.15, 0.2) is 24.3 Å². The van der Waals surface area contributed by atoms with E-state index in [-0.39, 0.29) is 5.54 Å². The number of hydrogen-bond acceptors (Lipinski definition) is 2. The van der Waals surface area contributed by atoms with Crippen molar-refractivity contribution in [2.24, 2.45) is 11.3 Å². The van der Waals surface area contributed by atoms with Gasteiger partial charge in [-0.1, -0.05) is 29.8 Å². The molecule has 1 aromatic carbocycles. The van der Waals surface area contributed by atoms with Crippen LogP contribution in [0.4, 0.5) is 0 Å². The Hall–Kier alpha value is -0.570. The van der Waals surface area contributed by atoms with Gasteiger partial charge in [0, 0.05) is 10.6 Å². The molecule has 0 saturated heterocycles. The van der Waals surface area contributed by atoms with E-state index in [1.807, 2.05) is 12.1 Å². The Bertz CT molecular complexity index is 383. The van der Waals surface area contributed by atoms with E-state index in [0.29, 0.717) is 5.41 Å². The third kappa shape index (κ3) is 1.32. The molecule has 15 heavy (non-hydrogen) atoms. The number of hydrazine groups is 1. The maximum absolute atomic E-state index is 6.16. The lowest BCUT2D eigenvalue weighted by molar-refractivity contribution is -0.153. The van der Waals surface area contributed by atoms with E-state index in [1.165, 1.54) is 24.8 Å². The summed E-state index contributed by atoms with van der Waals surface area (Å²) < 4.78 is 0. The second-order valence-corrected chi connectivity index (χ2v) is 5.63. The van der Waals surface area contributed by atoms with Gasteiger partial charge in [0.15, 0.2) is 0 Å². The predicted molar refractivity (Wildman–Crippen MR) is 61.5 cm³/mol. The maximum atomic E-state index is 6.16. The van der Waals surface area contributed by atoms with Gasteiger partial charge in [0.25, 0.3) is 0 Å². The van der Waals surface area contributed by atoms with E-state index in [0.717, 1.165) is 11.4 Å². The zero-order valence-corrected chi connectivity index (χ0v) is 9.35. The summed E-state index contributed by atoms with van der Waals surface area (Å²) in [6, 6.07) is 8.14. The molecule has 2 nitrogen and oxygen atoms in total. The largest absolute Gasteiger partial charge is 0.271 e. The highest BCUT2D eigenvalue weighted by Gasteiger charge is 2.66. The second-order valence-electron chi connectivity index (χ2n) is 5.22. The van der Waals surface area contributed by atoms with Crippen molar-refractivity contribution in [3.8, 4) is 0 Å². The smallest absolute Gasteiger partial charge is 0.0438 e. The zero-order chi connectivity index (χ0) is 10.5. The molecule has 0 atom stereocenters. The molecule has 2 bridgehead atoms. The Morgan fingerprint density at radius 2 is 1.93 bits per heavy atom. The zero-order valence-electron chi connectivity index (χ0n) is 8.59. The third-order valence-electron chi connectivity index (χ3n) is 3.97. The average molecular weight is 223 g/mol. The Kier molecular flexibility index (Phi) is 1.91. The van der Waals surface area contributed by atoms with E-state index in [4.69, 9.17) is 17.4 Å². The lowest BCUT2D eigenvalue weighted by Gasteiger charge is -2.70. The Labute approximate surface area is 94.8 Å². The van der Waals surface area contributed by atoms with Gasteiger partial charge in [0.1, 0.15) is 0 Å². The van der Waals surface area contributed by atoms with Crippen LogP contribution in [-0.4, -0.2) is 5.54 Å². The average Bonchev–Trinajstić information content (AvgIpc) is 2.11.